The van der Waals surface area contributed by atoms with Crippen molar-refractivity contribution in [1.82, 2.24) is 0 Å². The molecule has 2 aromatic rings. The number of alkyl halides is 3. The first-order valence-electron chi connectivity index (χ1n) is 7.73. The third kappa shape index (κ3) is 5.07. The molecular weight excluding hydrogens is 377 g/mol. The first-order valence-corrected chi connectivity index (χ1v) is 7.73. The van der Waals surface area contributed by atoms with Crippen LogP contribution in [0.25, 0.3) is 0 Å². The predicted molar refractivity (Wildman–Crippen MR) is 95.1 cm³/mol. The van der Waals surface area contributed by atoms with E-state index in [0.717, 1.165) is 24.3 Å². The van der Waals surface area contributed by atoms with Crippen molar-refractivity contribution in [3.05, 3.63) is 75.5 Å². The molecule has 0 fully saturated rings. The minimum Gasteiger partial charge on any atom is -0.358 e. The molecule has 144 valence electrons. The molecule has 2 aromatic carbocycles. The Hall–Kier alpha value is -3.87. The molecule has 0 aliphatic carbocycles. The van der Waals surface area contributed by atoms with Crippen molar-refractivity contribution < 1.29 is 22.9 Å². The Morgan fingerprint density at radius 1 is 1.04 bits per heavy atom. The number of hydrogen-bond acceptors (Lipinski definition) is 5. The zero-order valence-electron chi connectivity index (χ0n) is 14.4. The third-order valence-electron chi connectivity index (χ3n) is 3.59. The van der Waals surface area contributed by atoms with E-state index in [1.807, 2.05) is 0 Å². The summed E-state index contributed by atoms with van der Waals surface area (Å²) in [6.07, 6.45) is -4.49. The van der Waals surface area contributed by atoms with Gasteiger partial charge in [-0.25, -0.2) is 0 Å². The number of nitrogens with one attached hydrogen (secondary N) is 2. The van der Waals surface area contributed by atoms with Crippen LogP contribution in [0.15, 0.2) is 59.8 Å². The number of rotatable bonds is 5. The van der Waals surface area contributed by atoms with Gasteiger partial charge in [0.2, 0.25) is 0 Å². The minimum absolute atomic E-state index is 0.0916. The number of benzene rings is 2. The number of allylic oxidation sites excluding steroid dienone is 1. The van der Waals surface area contributed by atoms with Crippen molar-refractivity contribution in [1.29, 1.82) is 5.26 Å². The van der Waals surface area contributed by atoms with E-state index in [1.54, 1.807) is 6.07 Å². The Morgan fingerprint density at radius 2 is 1.54 bits per heavy atom. The van der Waals surface area contributed by atoms with Crippen LogP contribution in [0.3, 0.4) is 0 Å². The highest BCUT2D eigenvalue weighted by molar-refractivity contribution is 6.07. The van der Waals surface area contributed by atoms with Crippen LogP contribution in [0.5, 0.6) is 0 Å². The minimum atomic E-state index is -4.49. The lowest BCUT2D eigenvalue weighted by Crippen LogP contribution is -2.17. The molecule has 0 bridgehead atoms. The van der Waals surface area contributed by atoms with E-state index in [4.69, 9.17) is 0 Å². The predicted octanol–water partition coefficient (Wildman–Crippen LogP) is 4.46. The number of nitriles is 1. The second kappa shape index (κ2) is 8.22. The van der Waals surface area contributed by atoms with Gasteiger partial charge in [-0.15, -0.1) is 0 Å². The summed E-state index contributed by atoms with van der Waals surface area (Å²) in [7, 11) is 0. The van der Waals surface area contributed by atoms with Crippen LogP contribution in [0.1, 0.15) is 12.5 Å². The topological polar surface area (TPSA) is 108 Å². The van der Waals surface area contributed by atoms with Gasteiger partial charge in [-0.3, -0.25) is 14.9 Å². The summed E-state index contributed by atoms with van der Waals surface area (Å²) < 4.78 is 37.7. The van der Waals surface area contributed by atoms with Gasteiger partial charge in [0, 0.05) is 29.2 Å². The Morgan fingerprint density at radius 3 is 2.00 bits per heavy atom. The number of amides is 1. The Balaban J connectivity index is 2.14. The van der Waals surface area contributed by atoms with Crippen molar-refractivity contribution in [2.75, 3.05) is 10.6 Å². The summed E-state index contributed by atoms with van der Waals surface area (Å²) in [5.74, 6) is -0.811. The first-order chi connectivity index (χ1) is 13.1. The summed E-state index contributed by atoms with van der Waals surface area (Å²) in [5, 5.41) is 25.0. The van der Waals surface area contributed by atoms with Crippen LogP contribution in [0.2, 0.25) is 0 Å². The Kier molecular flexibility index (Phi) is 6.00. The van der Waals surface area contributed by atoms with Gasteiger partial charge in [0.25, 0.3) is 11.6 Å². The number of nitro benzene ring substituents is 1. The van der Waals surface area contributed by atoms with Gasteiger partial charge in [-0.1, -0.05) is 0 Å². The summed E-state index contributed by atoms with van der Waals surface area (Å²) >= 11 is 0. The quantitative estimate of drug-likeness (QED) is 0.339. The largest absolute Gasteiger partial charge is 0.416 e. The Labute approximate surface area is 157 Å². The van der Waals surface area contributed by atoms with Gasteiger partial charge in [-0.05, 0) is 43.3 Å². The normalized spacial score (nSPS) is 11.8. The molecule has 0 spiro atoms. The highest BCUT2D eigenvalue weighted by atomic mass is 19.4. The number of nitro groups is 1. The second-order valence-corrected chi connectivity index (χ2v) is 5.57. The van der Waals surface area contributed by atoms with Gasteiger partial charge in [0.15, 0.2) is 0 Å². The SMILES string of the molecule is C/C(Nc1ccc([N+](=O)[O-])cc1)=C(/C#N)C(=O)Nc1ccc(C(F)(F)F)cc1. The van der Waals surface area contributed by atoms with E-state index >= 15 is 0 Å². The van der Waals surface area contributed by atoms with Crippen molar-refractivity contribution in [2.24, 2.45) is 0 Å². The van der Waals surface area contributed by atoms with Crippen LogP contribution in [-0.2, 0) is 11.0 Å². The van der Waals surface area contributed by atoms with Crippen LogP contribution >= 0.6 is 0 Å². The maximum Gasteiger partial charge on any atom is 0.416 e. The van der Waals surface area contributed by atoms with Gasteiger partial charge in [0.05, 0.1) is 10.5 Å². The fourth-order valence-corrected chi connectivity index (χ4v) is 2.19. The van der Waals surface area contributed by atoms with E-state index in [2.05, 4.69) is 10.6 Å². The lowest BCUT2D eigenvalue weighted by atomic mass is 10.1. The van der Waals surface area contributed by atoms with E-state index < -0.39 is 22.6 Å². The number of anilines is 2. The fourth-order valence-electron chi connectivity index (χ4n) is 2.19. The van der Waals surface area contributed by atoms with Crippen molar-refractivity contribution in [3.63, 3.8) is 0 Å². The lowest BCUT2D eigenvalue weighted by molar-refractivity contribution is -0.384. The molecule has 0 aromatic heterocycles. The molecule has 2 N–H and O–H groups in total. The fraction of sp³-hybridized carbons (Fsp3) is 0.111. The molecule has 0 aliphatic heterocycles. The number of halogens is 3. The van der Waals surface area contributed by atoms with E-state index in [0.29, 0.717) is 5.69 Å². The summed E-state index contributed by atoms with van der Waals surface area (Å²) in [6.45, 7) is 1.45. The third-order valence-corrected chi connectivity index (χ3v) is 3.59. The number of carbonyl (C=O) groups excluding carboxylic acids is 1. The smallest absolute Gasteiger partial charge is 0.358 e. The highest BCUT2D eigenvalue weighted by Crippen LogP contribution is 2.30. The lowest BCUT2D eigenvalue weighted by Gasteiger charge is -2.11. The number of hydrogen-bond donors (Lipinski definition) is 2. The summed E-state index contributed by atoms with van der Waals surface area (Å²) in [4.78, 5) is 22.3. The zero-order valence-corrected chi connectivity index (χ0v) is 14.4. The van der Waals surface area contributed by atoms with Crippen molar-refractivity contribution in [3.8, 4) is 6.07 Å². The number of carbonyl (C=O) groups is 1. The number of non-ortho nitro benzene ring substituents is 1. The molecule has 0 saturated heterocycles. The van der Waals surface area contributed by atoms with Crippen LogP contribution in [-0.4, -0.2) is 10.8 Å². The molecule has 10 heteroatoms. The second-order valence-electron chi connectivity index (χ2n) is 5.57. The molecule has 0 unspecified atom stereocenters. The molecular formula is C18H13F3N4O3. The van der Waals surface area contributed by atoms with Crippen LogP contribution in [0.4, 0.5) is 30.2 Å². The summed E-state index contributed by atoms with van der Waals surface area (Å²) in [6, 6.07) is 10.8. The van der Waals surface area contributed by atoms with Crippen LogP contribution < -0.4 is 10.6 Å². The number of nitrogens with zero attached hydrogens (tertiary/aromatic N) is 2. The molecule has 1 amide bonds. The maximum atomic E-state index is 12.6. The van der Waals surface area contributed by atoms with E-state index in [-0.39, 0.29) is 22.6 Å². The molecule has 2 rings (SSSR count). The Bertz CT molecular complexity index is 960. The average molecular weight is 390 g/mol. The van der Waals surface area contributed by atoms with Crippen molar-refractivity contribution >= 4 is 23.0 Å². The average Bonchev–Trinajstić information content (AvgIpc) is 2.62. The van der Waals surface area contributed by atoms with Crippen LogP contribution in [0, 0.1) is 21.4 Å². The standard InChI is InChI=1S/C18H13F3N4O3/c1-11(23-13-6-8-15(9-7-13)25(27)28)16(10-22)17(26)24-14-4-2-12(3-5-14)18(19,20)21/h2-9,23H,1H3,(H,24,26)/b16-11+. The van der Waals surface area contributed by atoms with Gasteiger partial charge in [0.1, 0.15) is 11.6 Å². The monoisotopic (exact) mass is 390 g/mol. The van der Waals surface area contributed by atoms with Crippen molar-refractivity contribution in [2.45, 2.75) is 13.1 Å². The molecule has 0 saturated carbocycles. The van der Waals surface area contributed by atoms with Gasteiger partial charge >= 0.3 is 6.18 Å². The van der Waals surface area contributed by atoms with E-state index in [9.17, 15) is 33.3 Å². The maximum absolute atomic E-state index is 12.6. The highest BCUT2D eigenvalue weighted by Gasteiger charge is 2.30. The van der Waals surface area contributed by atoms with Gasteiger partial charge in [-0.2, -0.15) is 18.4 Å². The molecule has 0 heterocycles. The molecule has 7 nitrogen and oxygen atoms in total. The van der Waals surface area contributed by atoms with Gasteiger partial charge < -0.3 is 10.6 Å². The first kappa shape index (κ1) is 20.4. The summed E-state index contributed by atoms with van der Waals surface area (Å²) in [5.41, 5.74) is -0.601. The molecule has 0 aliphatic rings. The zero-order chi connectivity index (χ0) is 20.9. The molecule has 0 atom stereocenters. The molecule has 0 radical (unpaired) electrons. The molecule has 28 heavy (non-hydrogen) atoms. The van der Waals surface area contributed by atoms with E-state index in [1.165, 1.54) is 31.2 Å².